The number of rotatable bonds is 8. The van der Waals surface area contributed by atoms with E-state index in [1.54, 1.807) is 56.6 Å². The van der Waals surface area contributed by atoms with Crippen molar-refractivity contribution in [2.24, 2.45) is 0 Å². The average Bonchev–Trinajstić information content (AvgIpc) is 2.76. The normalized spacial score (nSPS) is 11.4. The zero-order chi connectivity index (χ0) is 22.4. The molecule has 0 aliphatic carbocycles. The fourth-order valence-corrected chi connectivity index (χ4v) is 4.35. The molecule has 0 saturated heterocycles. The molecule has 8 nitrogen and oxygen atoms in total. The van der Waals surface area contributed by atoms with Gasteiger partial charge >= 0.3 is 6.01 Å². The maximum Gasteiger partial charge on any atom is 0.321 e. The summed E-state index contributed by atoms with van der Waals surface area (Å²) in [5, 5.41) is 2.65. The molecule has 1 aromatic heterocycles. The van der Waals surface area contributed by atoms with Crippen molar-refractivity contribution in [1.82, 2.24) is 14.3 Å². The van der Waals surface area contributed by atoms with Gasteiger partial charge in [-0.3, -0.25) is 4.79 Å². The summed E-state index contributed by atoms with van der Waals surface area (Å²) >= 11 is 0. The Morgan fingerprint density at radius 2 is 1.71 bits per heavy atom. The van der Waals surface area contributed by atoms with Gasteiger partial charge in [0.2, 0.25) is 10.0 Å². The van der Waals surface area contributed by atoms with Gasteiger partial charge in [-0.05, 0) is 48.5 Å². The minimum atomic E-state index is -4.05. The zero-order valence-electron chi connectivity index (χ0n) is 16.9. The van der Waals surface area contributed by atoms with Gasteiger partial charge in [0, 0.05) is 36.7 Å². The molecule has 2 aromatic carbocycles. The van der Waals surface area contributed by atoms with Crippen LogP contribution in [0.1, 0.15) is 24.2 Å². The number of sulfonamides is 1. The molecule has 0 aliphatic heterocycles. The minimum absolute atomic E-state index is 0.0187. The van der Waals surface area contributed by atoms with Gasteiger partial charge in [0.1, 0.15) is 16.5 Å². The molecule has 1 heterocycles. The summed E-state index contributed by atoms with van der Waals surface area (Å²) in [5.41, 5.74) is 0.467. The predicted octanol–water partition coefficient (Wildman–Crippen LogP) is 3.69. The van der Waals surface area contributed by atoms with Gasteiger partial charge < -0.3 is 10.1 Å². The number of aromatic nitrogens is 2. The molecule has 162 valence electrons. The van der Waals surface area contributed by atoms with Gasteiger partial charge in [0.25, 0.3) is 5.91 Å². The molecule has 3 aromatic rings. The van der Waals surface area contributed by atoms with E-state index < -0.39 is 26.6 Å². The lowest BCUT2D eigenvalue weighted by Gasteiger charge is -2.19. The van der Waals surface area contributed by atoms with Crippen LogP contribution in [0.25, 0.3) is 0 Å². The minimum Gasteiger partial charge on any atom is -0.424 e. The Morgan fingerprint density at radius 3 is 2.32 bits per heavy atom. The van der Waals surface area contributed by atoms with Crippen molar-refractivity contribution in [2.45, 2.75) is 18.7 Å². The Kier molecular flexibility index (Phi) is 6.93. The number of halogens is 1. The van der Waals surface area contributed by atoms with Crippen molar-refractivity contribution in [3.63, 3.8) is 0 Å². The maximum absolute atomic E-state index is 14.3. The average molecular weight is 444 g/mol. The highest BCUT2D eigenvalue weighted by atomic mass is 32.2. The van der Waals surface area contributed by atoms with Crippen LogP contribution in [0.5, 0.6) is 11.8 Å². The largest absolute Gasteiger partial charge is 0.424 e. The van der Waals surface area contributed by atoms with Crippen LogP contribution in [0, 0.1) is 5.82 Å². The molecular weight excluding hydrogens is 423 g/mol. The van der Waals surface area contributed by atoms with E-state index in [4.69, 9.17) is 4.74 Å². The van der Waals surface area contributed by atoms with Gasteiger partial charge in [0.05, 0.1) is 0 Å². The predicted molar refractivity (Wildman–Crippen MR) is 113 cm³/mol. The number of carbonyl (C=O) groups excluding carboxylic acids is 1. The Balaban J connectivity index is 1.76. The van der Waals surface area contributed by atoms with E-state index in [-0.39, 0.29) is 24.7 Å². The first-order valence-electron chi connectivity index (χ1n) is 9.51. The van der Waals surface area contributed by atoms with E-state index >= 15 is 0 Å². The summed E-state index contributed by atoms with van der Waals surface area (Å²) in [6.07, 6.45) is 3.10. The van der Waals surface area contributed by atoms with Crippen LogP contribution in [0.4, 0.5) is 10.1 Å². The van der Waals surface area contributed by atoms with Gasteiger partial charge in [-0.25, -0.2) is 22.8 Å². The highest BCUT2D eigenvalue weighted by Crippen LogP contribution is 2.23. The quantitative estimate of drug-likeness (QED) is 0.569. The number of nitrogens with zero attached hydrogens (tertiary/aromatic N) is 3. The van der Waals surface area contributed by atoms with E-state index in [0.717, 1.165) is 16.4 Å². The first-order chi connectivity index (χ1) is 14.8. The molecule has 0 spiro atoms. The van der Waals surface area contributed by atoms with Gasteiger partial charge in [-0.15, -0.1) is 0 Å². The molecule has 3 rings (SSSR count). The monoisotopic (exact) mass is 444 g/mol. The fourth-order valence-electron chi connectivity index (χ4n) is 2.80. The van der Waals surface area contributed by atoms with Crippen LogP contribution < -0.4 is 10.1 Å². The second-order valence-electron chi connectivity index (χ2n) is 6.35. The number of hydrogen-bond donors (Lipinski definition) is 1. The lowest BCUT2D eigenvalue weighted by molar-refractivity contribution is 0.102. The molecular formula is C21H21FN4O4S. The molecule has 0 saturated carbocycles. The van der Waals surface area contributed by atoms with Crippen molar-refractivity contribution < 1.29 is 22.3 Å². The highest BCUT2D eigenvalue weighted by Gasteiger charge is 2.26. The highest BCUT2D eigenvalue weighted by molar-refractivity contribution is 7.89. The summed E-state index contributed by atoms with van der Waals surface area (Å²) in [4.78, 5) is 20.0. The lowest BCUT2D eigenvalue weighted by atomic mass is 10.2. The van der Waals surface area contributed by atoms with E-state index in [9.17, 15) is 17.6 Å². The van der Waals surface area contributed by atoms with Crippen LogP contribution >= 0.6 is 0 Å². The van der Waals surface area contributed by atoms with Crippen molar-refractivity contribution in [3.8, 4) is 11.8 Å². The number of hydrogen-bond acceptors (Lipinski definition) is 6. The maximum atomic E-state index is 14.3. The molecule has 0 unspecified atom stereocenters. The van der Waals surface area contributed by atoms with Gasteiger partial charge in [-0.1, -0.05) is 13.8 Å². The molecule has 0 radical (unpaired) electrons. The van der Waals surface area contributed by atoms with Crippen LogP contribution in [0.15, 0.2) is 65.8 Å². The molecule has 1 amide bonds. The third kappa shape index (κ3) is 5.22. The third-order valence-electron chi connectivity index (χ3n) is 4.38. The smallest absolute Gasteiger partial charge is 0.321 e. The zero-order valence-corrected chi connectivity index (χ0v) is 17.8. The summed E-state index contributed by atoms with van der Waals surface area (Å²) in [5.74, 6) is -1.01. The number of ether oxygens (including phenoxy) is 1. The molecule has 0 fully saturated rings. The molecule has 10 heteroatoms. The first-order valence-corrected chi connectivity index (χ1v) is 10.9. The Bertz CT molecular complexity index is 1150. The van der Waals surface area contributed by atoms with Crippen molar-refractivity contribution >= 4 is 21.6 Å². The van der Waals surface area contributed by atoms with Crippen molar-refractivity contribution in [2.75, 3.05) is 18.4 Å². The standard InChI is InChI=1S/C21H21FN4O4S/c1-3-26(4-2)31(28,29)19-14-15(6-11-18(19)22)20(27)25-16-7-9-17(10-8-16)30-21-23-12-5-13-24-21/h5-14H,3-4H2,1-2H3,(H,25,27). The second kappa shape index (κ2) is 9.63. The molecule has 0 aliphatic rings. The van der Waals surface area contributed by atoms with Crippen LogP contribution in [0.3, 0.4) is 0 Å². The van der Waals surface area contributed by atoms with Gasteiger partial charge in [-0.2, -0.15) is 4.31 Å². The van der Waals surface area contributed by atoms with Gasteiger partial charge in [0.15, 0.2) is 0 Å². The summed E-state index contributed by atoms with van der Waals surface area (Å²) in [7, 11) is -4.05. The van der Waals surface area contributed by atoms with Crippen LogP contribution in [0.2, 0.25) is 0 Å². The summed E-state index contributed by atoms with van der Waals surface area (Å²) < 4.78 is 46.2. The van der Waals surface area contributed by atoms with E-state index in [2.05, 4.69) is 15.3 Å². The second-order valence-corrected chi connectivity index (χ2v) is 8.25. The lowest BCUT2D eigenvalue weighted by Crippen LogP contribution is -2.31. The van der Waals surface area contributed by atoms with Crippen molar-refractivity contribution in [3.05, 3.63) is 72.3 Å². The third-order valence-corrected chi connectivity index (χ3v) is 6.44. The Morgan fingerprint density at radius 1 is 1.06 bits per heavy atom. The fraction of sp³-hybridized carbons (Fsp3) is 0.190. The Labute approximate surface area is 179 Å². The Hall–Kier alpha value is -3.37. The summed E-state index contributed by atoms with van der Waals surface area (Å²) in [6.45, 7) is 3.70. The number of benzene rings is 2. The molecule has 31 heavy (non-hydrogen) atoms. The SMILES string of the molecule is CCN(CC)S(=O)(=O)c1cc(C(=O)Nc2ccc(Oc3ncccn3)cc2)ccc1F. The number of anilines is 1. The molecule has 0 atom stereocenters. The first kappa shape index (κ1) is 22.3. The number of carbonyl (C=O) groups is 1. The van der Waals surface area contributed by atoms with E-state index in [0.29, 0.717) is 11.4 Å². The van der Waals surface area contributed by atoms with E-state index in [1.807, 2.05) is 0 Å². The van der Waals surface area contributed by atoms with E-state index in [1.165, 1.54) is 6.07 Å². The van der Waals surface area contributed by atoms with Crippen molar-refractivity contribution in [1.29, 1.82) is 0 Å². The number of nitrogens with one attached hydrogen (secondary N) is 1. The topological polar surface area (TPSA) is 101 Å². The van der Waals surface area contributed by atoms with Crippen LogP contribution in [-0.4, -0.2) is 41.7 Å². The van der Waals surface area contributed by atoms with Crippen LogP contribution in [-0.2, 0) is 10.0 Å². The molecule has 1 N–H and O–H groups in total. The molecule has 0 bridgehead atoms. The number of amides is 1. The summed E-state index contributed by atoms with van der Waals surface area (Å²) in [6, 6.07) is 11.5.